The molecule has 1 rings (SSSR count). The van der Waals surface area contributed by atoms with Crippen LogP contribution >= 0.6 is 0 Å². The molecular formula is C18H31NO2. The van der Waals surface area contributed by atoms with Crippen LogP contribution in [0.5, 0.6) is 5.75 Å². The molecule has 0 spiro atoms. The maximum atomic E-state index is 5.68. The van der Waals surface area contributed by atoms with Gasteiger partial charge in [0.2, 0.25) is 0 Å². The molecule has 0 saturated heterocycles. The zero-order valence-corrected chi connectivity index (χ0v) is 14.0. The molecule has 0 aliphatic heterocycles. The van der Waals surface area contributed by atoms with Crippen LogP contribution in [0.15, 0.2) is 24.3 Å². The first-order chi connectivity index (χ1) is 10.1. The summed E-state index contributed by atoms with van der Waals surface area (Å²) in [5, 5.41) is 3.26. The molecule has 3 nitrogen and oxygen atoms in total. The number of ether oxygens (including phenoxy) is 2. The first-order valence-electron chi connectivity index (χ1n) is 8.08. The highest BCUT2D eigenvalue weighted by Crippen LogP contribution is 2.14. The van der Waals surface area contributed by atoms with E-state index in [0.717, 1.165) is 31.6 Å². The number of benzene rings is 1. The molecule has 3 heteroatoms. The van der Waals surface area contributed by atoms with Gasteiger partial charge in [0.05, 0.1) is 6.61 Å². The lowest BCUT2D eigenvalue weighted by Gasteiger charge is -2.11. The average Bonchev–Trinajstić information content (AvgIpc) is 2.49. The number of hydrogen-bond donors (Lipinski definition) is 1. The molecule has 0 bridgehead atoms. The minimum absolute atomic E-state index is 0.559. The minimum atomic E-state index is 0.559. The van der Waals surface area contributed by atoms with Crippen molar-refractivity contribution in [1.82, 2.24) is 5.32 Å². The predicted molar refractivity (Wildman–Crippen MR) is 89.1 cm³/mol. The fourth-order valence-corrected chi connectivity index (χ4v) is 1.92. The Bertz CT molecular complexity index is 362. The first kappa shape index (κ1) is 18.0. The summed E-state index contributed by atoms with van der Waals surface area (Å²) in [6, 6.07) is 8.96. The van der Waals surface area contributed by atoms with Gasteiger partial charge < -0.3 is 14.8 Å². The van der Waals surface area contributed by atoms with E-state index in [1.54, 1.807) is 0 Å². The average molecular weight is 293 g/mol. The van der Waals surface area contributed by atoms with Gasteiger partial charge >= 0.3 is 0 Å². The largest absolute Gasteiger partial charge is 0.491 e. The molecule has 0 aromatic heterocycles. The zero-order valence-electron chi connectivity index (χ0n) is 14.0. The summed E-state index contributed by atoms with van der Waals surface area (Å²) in [6.45, 7) is 8.72. The molecule has 0 radical (unpaired) electrons. The number of rotatable bonds is 11. The SMILES string of the molecule is CNC(C)CCc1ccc(OCCOCCC(C)C)cc1. The fraction of sp³-hybridized carbons (Fsp3) is 0.667. The first-order valence-corrected chi connectivity index (χ1v) is 8.08. The van der Waals surface area contributed by atoms with Crippen LogP contribution in [0.2, 0.25) is 0 Å². The van der Waals surface area contributed by atoms with Crippen LogP contribution in [0.1, 0.15) is 39.2 Å². The van der Waals surface area contributed by atoms with Gasteiger partial charge in [-0.25, -0.2) is 0 Å². The smallest absolute Gasteiger partial charge is 0.119 e. The maximum absolute atomic E-state index is 5.68. The van der Waals surface area contributed by atoms with Crippen molar-refractivity contribution in [2.75, 3.05) is 26.9 Å². The van der Waals surface area contributed by atoms with Crippen LogP contribution in [-0.2, 0) is 11.2 Å². The van der Waals surface area contributed by atoms with Gasteiger partial charge in [-0.05, 0) is 56.8 Å². The van der Waals surface area contributed by atoms with Gasteiger partial charge in [0, 0.05) is 12.6 Å². The van der Waals surface area contributed by atoms with Gasteiger partial charge in [-0.15, -0.1) is 0 Å². The third-order valence-corrected chi connectivity index (χ3v) is 3.62. The topological polar surface area (TPSA) is 30.5 Å². The summed E-state index contributed by atoms with van der Waals surface area (Å²) < 4.78 is 11.2. The van der Waals surface area contributed by atoms with E-state index < -0.39 is 0 Å². The molecule has 1 aromatic carbocycles. The summed E-state index contributed by atoms with van der Waals surface area (Å²) in [7, 11) is 2.00. The van der Waals surface area contributed by atoms with Gasteiger partial charge in [0.1, 0.15) is 12.4 Å². The highest BCUT2D eigenvalue weighted by Gasteiger charge is 2.00. The summed E-state index contributed by atoms with van der Waals surface area (Å²) in [5.41, 5.74) is 1.36. The van der Waals surface area contributed by atoms with Gasteiger partial charge in [-0.1, -0.05) is 26.0 Å². The van der Waals surface area contributed by atoms with Crippen molar-refractivity contribution in [3.63, 3.8) is 0 Å². The van der Waals surface area contributed by atoms with E-state index in [0.29, 0.717) is 25.2 Å². The molecule has 120 valence electrons. The molecule has 0 aliphatic carbocycles. The highest BCUT2D eigenvalue weighted by atomic mass is 16.5. The summed E-state index contributed by atoms with van der Waals surface area (Å²) >= 11 is 0. The third kappa shape index (κ3) is 8.74. The molecule has 0 aliphatic rings. The van der Waals surface area contributed by atoms with E-state index in [9.17, 15) is 0 Å². The van der Waals surface area contributed by atoms with Crippen LogP contribution in [-0.4, -0.2) is 32.9 Å². The second-order valence-corrected chi connectivity index (χ2v) is 6.02. The van der Waals surface area contributed by atoms with Crippen LogP contribution in [0, 0.1) is 5.92 Å². The van der Waals surface area contributed by atoms with Crippen molar-refractivity contribution < 1.29 is 9.47 Å². The van der Waals surface area contributed by atoms with Crippen molar-refractivity contribution in [3.8, 4) is 5.75 Å². The van der Waals surface area contributed by atoms with Gasteiger partial charge in [0.25, 0.3) is 0 Å². The maximum Gasteiger partial charge on any atom is 0.119 e. The van der Waals surface area contributed by atoms with Crippen molar-refractivity contribution in [2.45, 2.75) is 46.1 Å². The molecule has 21 heavy (non-hydrogen) atoms. The zero-order chi connectivity index (χ0) is 15.5. The summed E-state index contributed by atoms with van der Waals surface area (Å²) in [4.78, 5) is 0. The van der Waals surface area contributed by atoms with Gasteiger partial charge in [0.15, 0.2) is 0 Å². The molecule has 0 saturated carbocycles. The van der Waals surface area contributed by atoms with Gasteiger partial charge in [-0.2, -0.15) is 0 Å². The van der Waals surface area contributed by atoms with Crippen molar-refractivity contribution in [1.29, 1.82) is 0 Å². The molecule has 0 amide bonds. The van der Waals surface area contributed by atoms with Crippen LogP contribution in [0.4, 0.5) is 0 Å². The van der Waals surface area contributed by atoms with Crippen LogP contribution in [0.25, 0.3) is 0 Å². The molecule has 1 aromatic rings. The van der Waals surface area contributed by atoms with Crippen molar-refractivity contribution >= 4 is 0 Å². The number of nitrogens with one attached hydrogen (secondary N) is 1. The van der Waals surface area contributed by atoms with E-state index >= 15 is 0 Å². The Labute approximate surface area is 130 Å². The summed E-state index contributed by atoms with van der Waals surface area (Å²) in [6.07, 6.45) is 3.36. The Morgan fingerprint density at radius 2 is 1.67 bits per heavy atom. The van der Waals surface area contributed by atoms with E-state index in [1.165, 1.54) is 5.56 Å². The fourth-order valence-electron chi connectivity index (χ4n) is 1.92. The Morgan fingerprint density at radius 1 is 0.952 bits per heavy atom. The molecular weight excluding hydrogens is 262 g/mol. The number of hydrogen-bond acceptors (Lipinski definition) is 3. The normalized spacial score (nSPS) is 12.6. The number of aryl methyl sites for hydroxylation is 1. The van der Waals surface area contributed by atoms with Crippen LogP contribution in [0.3, 0.4) is 0 Å². The highest BCUT2D eigenvalue weighted by molar-refractivity contribution is 5.27. The third-order valence-electron chi connectivity index (χ3n) is 3.62. The van der Waals surface area contributed by atoms with Crippen LogP contribution < -0.4 is 10.1 Å². The molecule has 0 heterocycles. The van der Waals surface area contributed by atoms with E-state index in [-0.39, 0.29) is 0 Å². The Morgan fingerprint density at radius 3 is 2.29 bits per heavy atom. The molecule has 0 fully saturated rings. The van der Waals surface area contributed by atoms with E-state index in [4.69, 9.17) is 9.47 Å². The molecule has 1 N–H and O–H groups in total. The van der Waals surface area contributed by atoms with Gasteiger partial charge in [-0.3, -0.25) is 0 Å². The predicted octanol–water partition coefficient (Wildman–Crippen LogP) is 3.67. The Hall–Kier alpha value is -1.06. The molecule has 1 unspecified atom stereocenters. The summed E-state index contributed by atoms with van der Waals surface area (Å²) in [5.74, 6) is 1.62. The molecule has 1 atom stereocenters. The minimum Gasteiger partial charge on any atom is -0.491 e. The standard InChI is InChI=1S/C18H31NO2/c1-15(2)11-12-20-13-14-21-18-9-7-17(8-10-18)6-5-16(3)19-4/h7-10,15-16,19H,5-6,11-14H2,1-4H3. The second-order valence-electron chi connectivity index (χ2n) is 6.02. The second kappa shape index (κ2) is 10.6. The lowest BCUT2D eigenvalue weighted by molar-refractivity contribution is 0.0926. The van der Waals surface area contributed by atoms with E-state index in [2.05, 4.69) is 38.2 Å². The van der Waals surface area contributed by atoms with Crippen molar-refractivity contribution in [2.24, 2.45) is 5.92 Å². The quantitative estimate of drug-likeness (QED) is 0.632. The lowest BCUT2D eigenvalue weighted by Crippen LogP contribution is -2.21. The monoisotopic (exact) mass is 293 g/mol. The Kier molecular flexibility index (Phi) is 9.11. The van der Waals surface area contributed by atoms with E-state index in [1.807, 2.05) is 19.2 Å². The van der Waals surface area contributed by atoms with Crippen molar-refractivity contribution in [3.05, 3.63) is 29.8 Å². The Balaban J connectivity index is 2.16. The lowest BCUT2D eigenvalue weighted by atomic mass is 10.1.